The Morgan fingerprint density at radius 1 is 1.30 bits per heavy atom. The van der Waals surface area contributed by atoms with Crippen LogP contribution in [0.2, 0.25) is 0 Å². The summed E-state index contributed by atoms with van der Waals surface area (Å²) in [6.45, 7) is 4.02. The predicted octanol–water partition coefficient (Wildman–Crippen LogP) is 1.37. The highest BCUT2D eigenvalue weighted by molar-refractivity contribution is 6.04. The molecule has 2 N–H and O–H groups in total. The van der Waals surface area contributed by atoms with Crippen LogP contribution >= 0.6 is 0 Å². The highest BCUT2D eigenvalue weighted by Gasteiger charge is 2.32. The Bertz CT molecular complexity index is 498. The van der Waals surface area contributed by atoms with Gasteiger partial charge in [-0.05, 0) is 30.5 Å². The molecule has 2 amide bonds. The molecule has 0 spiro atoms. The summed E-state index contributed by atoms with van der Waals surface area (Å²) in [6, 6.07) is 7.06. The number of amides is 2. The summed E-state index contributed by atoms with van der Waals surface area (Å²) < 4.78 is 0. The maximum Gasteiger partial charge on any atom is 0.249 e. The quantitative estimate of drug-likeness (QED) is 0.815. The molecular weight excluding hydrogens is 256 g/mol. The summed E-state index contributed by atoms with van der Waals surface area (Å²) in [6.07, 6.45) is 0.817. The SMILES string of the molecule is CCC1C(=O)NC(=O)CN1c1ccc([C@H](O)CC)cc1. The van der Waals surface area contributed by atoms with Crippen molar-refractivity contribution in [1.29, 1.82) is 0 Å². The summed E-state index contributed by atoms with van der Waals surface area (Å²) in [5.74, 6) is -0.529. The van der Waals surface area contributed by atoms with Crippen molar-refractivity contribution < 1.29 is 14.7 Å². The number of nitrogens with one attached hydrogen (secondary N) is 1. The zero-order valence-electron chi connectivity index (χ0n) is 11.8. The number of aliphatic hydroxyl groups is 1. The Morgan fingerprint density at radius 3 is 2.50 bits per heavy atom. The van der Waals surface area contributed by atoms with Crippen LogP contribution in [0.3, 0.4) is 0 Å². The first-order valence-corrected chi connectivity index (χ1v) is 6.95. The maximum atomic E-state index is 11.8. The molecule has 1 aliphatic heterocycles. The van der Waals surface area contributed by atoms with E-state index in [1.165, 1.54) is 0 Å². The standard InChI is InChI=1S/C15H20N2O3/c1-3-12-15(20)16-14(19)9-17(12)11-7-5-10(6-8-11)13(18)4-2/h5-8,12-13,18H,3-4,9H2,1-2H3,(H,16,19,20)/t12?,13-/m1/s1. The fraction of sp³-hybridized carbons (Fsp3) is 0.467. The van der Waals surface area contributed by atoms with E-state index in [-0.39, 0.29) is 24.4 Å². The molecule has 20 heavy (non-hydrogen) atoms. The largest absolute Gasteiger partial charge is 0.388 e. The van der Waals surface area contributed by atoms with E-state index in [9.17, 15) is 14.7 Å². The van der Waals surface area contributed by atoms with Gasteiger partial charge in [-0.3, -0.25) is 14.9 Å². The van der Waals surface area contributed by atoms with Crippen molar-refractivity contribution in [3.63, 3.8) is 0 Å². The van der Waals surface area contributed by atoms with Crippen molar-refractivity contribution in [1.82, 2.24) is 5.32 Å². The van der Waals surface area contributed by atoms with Crippen molar-refractivity contribution >= 4 is 17.5 Å². The van der Waals surface area contributed by atoms with Crippen LogP contribution < -0.4 is 10.2 Å². The molecule has 1 saturated heterocycles. The molecule has 2 rings (SSSR count). The van der Waals surface area contributed by atoms with E-state index in [2.05, 4.69) is 5.32 Å². The van der Waals surface area contributed by atoms with Crippen LogP contribution in [0.1, 0.15) is 38.4 Å². The molecule has 1 heterocycles. The first kappa shape index (κ1) is 14.5. The molecule has 0 aliphatic carbocycles. The molecule has 0 saturated carbocycles. The first-order valence-electron chi connectivity index (χ1n) is 6.95. The Labute approximate surface area is 118 Å². The van der Waals surface area contributed by atoms with Gasteiger partial charge in [0.15, 0.2) is 0 Å². The second-order valence-corrected chi connectivity index (χ2v) is 4.98. The van der Waals surface area contributed by atoms with Crippen LogP contribution in [-0.4, -0.2) is 29.5 Å². The molecule has 5 nitrogen and oxygen atoms in total. The Kier molecular flexibility index (Phi) is 4.39. The smallest absolute Gasteiger partial charge is 0.249 e. The van der Waals surface area contributed by atoms with E-state index in [4.69, 9.17) is 0 Å². The number of aliphatic hydroxyl groups excluding tert-OH is 1. The van der Waals surface area contributed by atoms with Gasteiger partial charge in [-0.15, -0.1) is 0 Å². The van der Waals surface area contributed by atoms with Gasteiger partial charge in [0, 0.05) is 5.69 Å². The predicted molar refractivity (Wildman–Crippen MR) is 76.3 cm³/mol. The molecule has 1 fully saturated rings. The topological polar surface area (TPSA) is 69.6 Å². The van der Waals surface area contributed by atoms with Gasteiger partial charge in [0.25, 0.3) is 0 Å². The minimum Gasteiger partial charge on any atom is -0.388 e. The Hall–Kier alpha value is -1.88. The lowest BCUT2D eigenvalue weighted by molar-refractivity contribution is -0.132. The fourth-order valence-corrected chi connectivity index (χ4v) is 2.47. The van der Waals surface area contributed by atoms with Gasteiger partial charge in [-0.25, -0.2) is 0 Å². The summed E-state index contributed by atoms with van der Waals surface area (Å²) in [5, 5.41) is 12.1. The molecule has 2 atom stereocenters. The summed E-state index contributed by atoms with van der Waals surface area (Å²) in [5.41, 5.74) is 1.67. The molecular formula is C15H20N2O3. The zero-order valence-corrected chi connectivity index (χ0v) is 11.8. The van der Waals surface area contributed by atoms with Gasteiger partial charge in [-0.1, -0.05) is 26.0 Å². The number of piperazine rings is 1. The van der Waals surface area contributed by atoms with Crippen LogP contribution in [0.25, 0.3) is 0 Å². The molecule has 1 aromatic carbocycles. The van der Waals surface area contributed by atoms with Gasteiger partial charge >= 0.3 is 0 Å². The number of carbonyl (C=O) groups excluding carboxylic acids is 2. The highest BCUT2D eigenvalue weighted by atomic mass is 16.3. The number of hydrogen-bond donors (Lipinski definition) is 2. The Balaban J connectivity index is 2.24. The molecule has 0 bridgehead atoms. The third-order valence-corrected chi connectivity index (χ3v) is 3.64. The van der Waals surface area contributed by atoms with Crippen molar-refractivity contribution in [3.05, 3.63) is 29.8 Å². The van der Waals surface area contributed by atoms with E-state index >= 15 is 0 Å². The van der Waals surface area contributed by atoms with E-state index < -0.39 is 6.10 Å². The number of carbonyl (C=O) groups is 2. The third-order valence-electron chi connectivity index (χ3n) is 3.64. The van der Waals surface area contributed by atoms with Gasteiger partial charge in [0.2, 0.25) is 11.8 Å². The summed E-state index contributed by atoms with van der Waals surface area (Å²) >= 11 is 0. The van der Waals surface area contributed by atoms with Crippen LogP contribution in [-0.2, 0) is 9.59 Å². The molecule has 0 aromatic heterocycles. The number of rotatable bonds is 4. The van der Waals surface area contributed by atoms with Crippen molar-refractivity contribution in [2.75, 3.05) is 11.4 Å². The average Bonchev–Trinajstić information content (AvgIpc) is 2.46. The lowest BCUT2D eigenvalue weighted by atomic mass is 10.0. The van der Waals surface area contributed by atoms with E-state index in [1.54, 1.807) is 0 Å². The lowest BCUT2D eigenvalue weighted by Crippen LogP contribution is -2.58. The molecule has 1 aliphatic rings. The van der Waals surface area contributed by atoms with Crippen LogP contribution in [0, 0.1) is 0 Å². The molecule has 5 heteroatoms. The second-order valence-electron chi connectivity index (χ2n) is 4.98. The van der Waals surface area contributed by atoms with Gasteiger partial charge in [0.1, 0.15) is 6.04 Å². The minimum absolute atomic E-state index is 0.180. The third kappa shape index (κ3) is 2.82. The van der Waals surface area contributed by atoms with E-state index in [0.717, 1.165) is 11.3 Å². The van der Waals surface area contributed by atoms with Gasteiger partial charge in [-0.2, -0.15) is 0 Å². The monoisotopic (exact) mass is 276 g/mol. The number of nitrogens with zero attached hydrogens (tertiary/aromatic N) is 1. The highest BCUT2D eigenvalue weighted by Crippen LogP contribution is 2.24. The molecule has 1 aromatic rings. The molecule has 108 valence electrons. The Morgan fingerprint density at radius 2 is 1.95 bits per heavy atom. The molecule has 0 radical (unpaired) electrons. The number of anilines is 1. The van der Waals surface area contributed by atoms with Crippen molar-refractivity contribution in [3.8, 4) is 0 Å². The second kappa shape index (κ2) is 6.05. The first-order chi connectivity index (χ1) is 9.56. The lowest BCUT2D eigenvalue weighted by Gasteiger charge is -2.35. The normalized spacial score (nSPS) is 20.8. The van der Waals surface area contributed by atoms with Crippen LogP contribution in [0.15, 0.2) is 24.3 Å². The molecule has 1 unspecified atom stereocenters. The van der Waals surface area contributed by atoms with Crippen molar-refractivity contribution in [2.45, 2.75) is 38.8 Å². The average molecular weight is 276 g/mol. The van der Waals surface area contributed by atoms with Crippen LogP contribution in [0.4, 0.5) is 5.69 Å². The van der Waals surface area contributed by atoms with Crippen LogP contribution in [0.5, 0.6) is 0 Å². The van der Waals surface area contributed by atoms with Gasteiger partial charge < -0.3 is 10.0 Å². The zero-order chi connectivity index (χ0) is 14.7. The fourth-order valence-electron chi connectivity index (χ4n) is 2.47. The number of hydrogen-bond acceptors (Lipinski definition) is 4. The maximum absolute atomic E-state index is 11.8. The minimum atomic E-state index is -0.475. The van der Waals surface area contributed by atoms with Gasteiger partial charge in [0.05, 0.1) is 12.6 Å². The van der Waals surface area contributed by atoms with E-state index in [0.29, 0.717) is 12.8 Å². The summed E-state index contributed by atoms with van der Waals surface area (Å²) in [7, 11) is 0. The number of imide groups is 1. The number of benzene rings is 1. The van der Waals surface area contributed by atoms with E-state index in [1.807, 2.05) is 43.0 Å². The van der Waals surface area contributed by atoms with Crippen molar-refractivity contribution in [2.24, 2.45) is 0 Å². The summed E-state index contributed by atoms with van der Waals surface area (Å²) in [4.78, 5) is 25.2.